The molecule has 3 rings (SSSR count). The van der Waals surface area contributed by atoms with E-state index in [9.17, 15) is 9.90 Å². The van der Waals surface area contributed by atoms with Gasteiger partial charge >= 0.3 is 0 Å². The number of aromatic nitrogens is 2. The van der Waals surface area contributed by atoms with Gasteiger partial charge in [-0.15, -0.1) is 0 Å². The number of hydrogen-bond donors (Lipinski definition) is 2. The van der Waals surface area contributed by atoms with Crippen molar-refractivity contribution in [3.63, 3.8) is 0 Å². The van der Waals surface area contributed by atoms with Gasteiger partial charge in [0.1, 0.15) is 0 Å². The van der Waals surface area contributed by atoms with Crippen LogP contribution >= 0.6 is 0 Å². The van der Waals surface area contributed by atoms with E-state index in [2.05, 4.69) is 37.7 Å². The Balaban J connectivity index is 1.81. The summed E-state index contributed by atoms with van der Waals surface area (Å²) in [5.41, 5.74) is 2.96. The zero-order valence-electron chi connectivity index (χ0n) is 17.4. The van der Waals surface area contributed by atoms with Crippen LogP contribution in [0.1, 0.15) is 68.7 Å². The lowest BCUT2D eigenvalue weighted by Crippen LogP contribution is -2.42. The lowest BCUT2D eigenvalue weighted by Gasteiger charge is -2.29. The monoisotopic (exact) mass is 376 g/mol. The summed E-state index contributed by atoms with van der Waals surface area (Å²) in [6.07, 6.45) is 5.06. The van der Waals surface area contributed by atoms with Gasteiger partial charge in [-0.2, -0.15) is 5.10 Å². The van der Waals surface area contributed by atoms with Gasteiger partial charge in [-0.1, -0.05) is 27.7 Å². The molecule has 1 aliphatic heterocycles. The number of amides is 1. The number of fused-ring (bicyclic) bond motifs is 1. The fourth-order valence-electron chi connectivity index (χ4n) is 4.08. The molecule has 2 heterocycles. The second-order valence-corrected chi connectivity index (χ2v) is 9.49. The molecule has 1 atom stereocenters. The van der Waals surface area contributed by atoms with Crippen molar-refractivity contribution in [2.75, 3.05) is 26.2 Å². The average molecular weight is 377 g/mol. The van der Waals surface area contributed by atoms with Crippen molar-refractivity contribution in [3.05, 3.63) is 17.0 Å². The minimum atomic E-state index is -0.129. The van der Waals surface area contributed by atoms with Crippen LogP contribution in [0.3, 0.4) is 0 Å². The first-order chi connectivity index (χ1) is 12.8. The van der Waals surface area contributed by atoms with Crippen molar-refractivity contribution >= 4 is 5.91 Å². The van der Waals surface area contributed by atoms with Gasteiger partial charge in [0.2, 0.25) is 0 Å². The molecule has 0 radical (unpaired) electrons. The van der Waals surface area contributed by atoms with Crippen molar-refractivity contribution in [3.8, 4) is 0 Å². The highest BCUT2D eigenvalue weighted by atomic mass is 16.3. The van der Waals surface area contributed by atoms with E-state index in [4.69, 9.17) is 5.10 Å². The SMILES string of the molecule is CC(C)Cn1nc(C(=O)N2CCCC2)c2c1CCC(NCC(C)(C)CO)C2. The summed E-state index contributed by atoms with van der Waals surface area (Å²) < 4.78 is 2.09. The van der Waals surface area contributed by atoms with Crippen molar-refractivity contribution in [2.45, 2.75) is 72.4 Å². The van der Waals surface area contributed by atoms with Crippen LogP contribution in [-0.4, -0.2) is 58.0 Å². The Morgan fingerprint density at radius 2 is 2.04 bits per heavy atom. The second kappa shape index (κ2) is 8.31. The third-order valence-corrected chi connectivity index (χ3v) is 5.78. The molecule has 2 aliphatic rings. The van der Waals surface area contributed by atoms with Crippen LogP contribution in [0.25, 0.3) is 0 Å². The fraction of sp³-hybridized carbons (Fsp3) is 0.810. The smallest absolute Gasteiger partial charge is 0.274 e. The largest absolute Gasteiger partial charge is 0.396 e. The highest BCUT2D eigenvalue weighted by Gasteiger charge is 2.32. The van der Waals surface area contributed by atoms with Crippen LogP contribution in [0.15, 0.2) is 0 Å². The number of nitrogens with one attached hydrogen (secondary N) is 1. The maximum Gasteiger partial charge on any atom is 0.274 e. The lowest BCUT2D eigenvalue weighted by molar-refractivity contribution is 0.0784. The summed E-state index contributed by atoms with van der Waals surface area (Å²) in [5.74, 6) is 0.618. The first kappa shape index (κ1) is 20.3. The van der Waals surface area contributed by atoms with Gasteiger partial charge in [-0.3, -0.25) is 9.48 Å². The van der Waals surface area contributed by atoms with Gasteiger partial charge in [0.05, 0.1) is 0 Å². The summed E-state index contributed by atoms with van der Waals surface area (Å²) in [4.78, 5) is 15.1. The summed E-state index contributed by atoms with van der Waals surface area (Å²) in [5, 5.41) is 17.9. The molecule has 1 aliphatic carbocycles. The molecule has 27 heavy (non-hydrogen) atoms. The summed E-state index contributed by atoms with van der Waals surface area (Å²) >= 11 is 0. The fourth-order valence-corrected chi connectivity index (χ4v) is 4.08. The standard InChI is InChI=1S/C21H36N4O2/c1-15(2)12-25-18-8-7-16(22-13-21(3,4)14-26)11-17(18)19(23-25)20(27)24-9-5-6-10-24/h15-16,22,26H,5-14H2,1-4H3. The second-order valence-electron chi connectivity index (χ2n) is 9.49. The molecule has 0 aromatic carbocycles. The van der Waals surface area contributed by atoms with E-state index in [0.717, 1.165) is 63.8 Å². The normalized spacial score (nSPS) is 20.4. The summed E-state index contributed by atoms with van der Waals surface area (Å²) in [6.45, 7) is 12.1. The Kier molecular flexibility index (Phi) is 6.26. The number of carbonyl (C=O) groups excluding carboxylic acids is 1. The van der Waals surface area contributed by atoms with Crippen LogP contribution in [0.5, 0.6) is 0 Å². The summed E-state index contributed by atoms with van der Waals surface area (Å²) in [6, 6.07) is 0.338. The molecule has 6 nitrogen and oxygen atoms in total. The molecule has 1 amide bonds. The number of likely N-dealkylation sites (tertiary alicyclic amines) is 1. The van der Waals surface area contributed by atoms with Crippen LogP contribution < -0.4 is 5.32 Å². The van der Waals surface area contributed by atoms with E-state index in [1.54, 1.807) is 0 Å². The minimum absolute atomic E-state index is 0.114. The van der Waals surface area contributed by atoms with Crippen LogP contribution in [0.4, 0.5) is 0 Å². The van der Waals surface area contributed by atoms with Crippen LogP contribution in [0.2, 0.25) is 0 Å². The van der Waals surface area contributed by atoms with E-state index in [0.29, 0.717) is 17.7 Å². The molecular formula is C21H36N4O2. The number of nitrogens with zero attached hydrogens (tertiary/aromatic N) is 3. The third-order valence-electron chi connectivity index (χ3n) is 5.78. The van der Waals surface area contributed by atoms with Gasteiger partial charge in [0.15, 0.2) is 5.69 Å². The van der Waals surface area contributed by atoms with Crippen molar-refractivity contribution in [1.29, 1.82) is 0 Å². The van der Waals surface area contributed by atoms with Crippen molar-refractivity contribution in [2.24, 2.45) is 11.3 Å². The number of hydrogen-bond acceptors (Lipinski definition) is 4. The van der Waals surface area contributed by atoms with Crippen molar-refractivity contribution in [1.82, 2.24) is 20.0 Å². The molecule has 152 valence electrons. The Labute approximate surface area is 163 Å². The maximum atomic E-state index is 13.1. The molecule has 1 saturated heterocycles. The molecular weight excluding hydrogens is 340 g/mol. The van der Waals surface area contributed by atoms with Gasteiger partial charge in [-0.25, -0.2) is 0 Å². The van der Waals surface area contributed by atoms with Gasteiger partial charge in [0.25, 0.3) is 5.91 Å². The topological polar surface area (TPSA) is 70.4 Å². The Bertz CT molecular complexity index is 659. The Hall–Kier alpha value is -1.40. The van der Waals surface area contributed by atoms with Crippen molar-refractivity contribution < 1.29 is 9.90 Å². The third kappa shape index (κ3) is 4.72. The van der Waals surface area contributed by atoms with Gasteiger partial charge < -0.3 is 15.3 Å². The number of aliphatic hydroxyl groups excluding tert-OH is 1. The lowest BCUT2D eigenvalue weighted by atomic mass is 9.89. The Morgan fingerprint density at radius 1 is 1.33 bits per heavy atom. The molecule has 1 unspecified atom stereocenters. The summed E-state index contributed by atoms with van der Waals surface area (Å²) in [7, 11) is 0. The first-order valence-corrected chi connectivity index (χ1v) is 10.5. The van der Waals surface area contributed by atoms with Gasteiger partial charge in [-0.05, 0) is 38.0 Å². The molecule has 1 aromatic rings. The number of aliphatic hydroxyl groups is 1. The van der Waals surface area contributed by atoms with Crippen LogP contribution in [-0.2, 0) is 19.4 Å². The Morgan fingerprint density at radius 3 is 2.67 bits per heavy atom. The van der Waals surface area contributed by atoms with Gasteiger partial charge in [0, 0.05) is 55.5 Å². The number of rotatable bonds is 7. The molecule has 0 spiro atoms. The maximum absolute atomic E-state index is 13.1. The first-order valence-electron chi connectivity index (χ1n) is 10.5. The molecule has 6 heteroatoms. The zero-order chi connectivity index (χ0) is 19.6. The van der Waals surface area contributed by atoms with E-state index < -0.39 is 0 Å². The minimum Gasteiger partial charge on any atom is -0.396 e. The molecule has 1 aromatic heterocycles. The number of carbonyl (C=O) groups is 1. The van der Waals surface area contributed by atoms with E-state index in [1.165, 1.54) is 5.69 Å². The molecule has 2 N–H and O–H groups in total. The predicted octanol–water partition coefficient (Wildman–Crippen LogP) is 2.24. The quantitative estimate of drug-likeness (QED) is 0.766. The van der Waals surface area contributed by atoms with Crippen LogP contribution in [0, 0.1) is 11.3 Å². The average Bonchev–Trinajstić information content (AvgIpc) is 3.28. The van der Waals surface area contributed by atoms with E-state index >= 15 is 0 Å². The molecule has 0 bridgehead atoms. The van der Waals surface area contributed by atoms with E-state index in [1.807, 2.05) is 4.90 Å². The zero-order valence-corrected chi connectivity index (χ0v) is 17.4. The highest BCUT2D eigenvalue weighted by Crippen LogP contribution is 2.28. The predicted molar refractivity (Wildman–Crippen MR) is 107 cm³/mol. The molecule has 1 fully saturated rings. The van der Waals surface area contributed by atoms with E-state index in [-0.39, 0.29) is 17.9 Å². The molecule has 0 saturated carbocycles. The highest BCUT2D eigenvalue weighted by molar-refractivity contribution is 5.94.